The predicted molar refractivity (Wildman–Crippen MR) is 59.7 cm³/mol. The second-order valence-corrected chi connectivity index (χ2v) is 4.82. The van der Waals surface area contributed by atoms with Crippen LogP contribution in [-0.4, -0.2) is 12.6 Å². The van der Waals surface area contributed by atoms with Gasteiger partial charge in [0, 0.05) is 18.3 Å². The average Bonchev–Trinajstić information content (AvgIpc) is 2.80. The van der Waals surface area contributed by atoms with E-state index in [-0.39, 0.29) is 0 Å². The molecule has 1 aromatic rings. The maximum atomic E-state index is 2.60. The summed E-state index contributed by atoms with van der Waals surface area (Å²) in [5.41, 5.74) is 2.79. The van der Waals surface area contributed by atoms with Crippen LogP contribution in [0.15, 0.2) is 24.3 Å². The highest BCUT2D eigenvalue weighted by molar-refractivity contribution is 5.50. The molecule has 1 aromatic carbocycles. The average molecular weight is 187 g/mol. The van der Waals surface area contributed by atoms with Gasteiger partial charge in [0.2, 0.25) is 0 Å². The van der Waals surface area contributed by atoms with E-state index in [1.54, 1.807) is 0 Å². The lowest BCUT2D eigenvalue weighted by molar-refractivity contribution is 0.553. The number of anilines is 1. The van der Waals surface area contributed by atoms with Gasteiger partial charge in [-0.1, -0.05) is 17.7 Å². The van der Waals surface area contributed by atoms with Crippen molar-refractivity contribution in [3.05, 3.63) is 29.8 Å². The minimum Gasteiger partial charge on any atom is -0.368 e. The number of piperidine rings is 1. The maximum absolute atomic E-state index is 2.60. The van der Waals surface area contributed by atoms with Crippen LogP contribution in [0.3, 0.4) is 0 Å². The number of fused-ring (bicyclic) bond motifs is 2. The molecule has 0 aromatic heterocycles. The summed E-state index contributed by atoms with van der Waals surface area (Å²) in [5, 5.41) is 0. The number of aryl methyl sites for hydroxylation is 1. The van der Waals surface area contributed by atoms with Gasteiger partial charge in [0.15, 0.2) is 0 Å². The Morgan fingerprint density at radius 2 is 1.93 bits per heavy atom. The summed E-state index contributed by atoms with van der Waals surface area (Å²) >= 11 is 0. The van der Waals surface area contributed by atoms with E-state index < -0.39 is 0 Å². The van der Waals surface area contributed by atoms with Gasteiger partial charge in [-0.25, -0.2) is 0 Å². The fourth-order valence-electron chi connectivity index (χ4n) is 2.98. The molecular weight excluding hydrogens is 170 g/mol. The van der Waals surface area contributed by atoms with E-state index in [1.165, 1.54) is 37.1 Å². The number of hydrogen-bond donors (Lipinski definition) is 0. The fraction of sp³-hybridized carbons (Fsp3) is 0.538. The molecule has 3 rings (SSSR count). The van der Waals surface area contributed by atoms with Gasteiger partial charge in [-0.15, -0.1) is 0 Å². The normalized spacial score (nSPS) is 29.9. The van der Waals surface area contributed by atoms with Crippen LogP contribution in [0, 0.1) is 12.8 Å². The topological polar surface area (TPSA) is 3.24 Å². The molecule has 2 atom stereocenters. The van der Waals surface area contributed by atoms with Gasteiger partial charge in [-0.2, -0.15) is 0 Å². The molecule has 0 radical (unpaired) electrons. The molecule has 0 amide bonds. The molecular formula is C13H17N. The highest BCUT2D eigenvalue weighted by Gasteiger charge is 2.37. The molecule has 1 aliphatic heterocycles. The lowest BCUT2D eigenvalue weighted by Crippen LogP contribution is -2.31. The van der Waals surface area contributed by atoms with Gasteiger partial charge in [0.1, 0.15) is 0 Å². The Bertz CT molecular complexity index is 328. The predicted octanol–water partition coefficient (Wildman–Crippen LogP) is 2.98. The summed E-state index contributed by atoms with van der Waals surface area (Å²) in [5.74, 6) is 0.987. The smallest absolute Gasteiger partial charge is 0.0368 e. The Labute approximate surface area is 85.7 Å². The van der Waals surface area contributed by atoms with Crippen molar-refractivity contribution in [3.63, 3.8) is 0 Å². The van der Waals surface area contributed by atoms with Crippen LogP contribution in [0.5, 0.6) is 0 Å². The van der Waals surface area contributed by atoms with E-state index in [0.29, 0.717) is 0 Å². The second-order valence-electron chi connectivity index (χ2n) is 4.82. The van der Waals surface area contributed by atoms with Crippen LogP contribution < -0.4 is 4.90 Å². The molecule has 74 valence electrons. The second kappa shape index (κ2) is 3.01. The first kappa shape index (κ1) is 8.34. The van der Waals surface area contributed by atoms with E-state index in [0.717, 1.165) is 12.0 Å². The van der Waals surface area contributed by atoms with Crippen molar-refractivity contribution in [3.8, 4) is 0 Å². The Morgan fingerprint density at radius 3 is 2.50 bits per heavy atom. The Morgan fingerprint density at radius 1 is 1.14 bits per heavy atom. The standard InChI is InChI=1S/C13H17N/c1-10-2-5-12(6-3-10)14-9-11-4-7-13(14)8-11/h2-3,5-6,11,13H,4,7-9H2,1H3/t11-,13+/m0/s1. The number of hydrogen-bond acceptors (Lipinski definition) is 1. The van der Waals surface area contributed by atoms with Crippen LogP contribution in [-0.2, 0) is 0 Å². The van der Waals surface area contributed by atoms with E-state index in [4.69, 9.17) is 0 Å². The van der Waals surface area contributed by atoms with Crippen LogP contribution >= 0.6 is 0 Å². The van der Waals surface area contributed by atoms with Crippen molar-refractivity contribution >= 4 is 5.69 Å². The monoisotopic (exact) mass is 187 g/mol. The zero-order chi connectivity index (χ0) is 9.54. The molecule has 0 spiro atoms. The van der Waals surface area contributed by atoms with E-state index >= 15 is 0 Å². The van der Waals surface area contributed by atoms with E-state index in [2.05, 4.69) is 36.1 Å². The van der Waals surface area contributed by atoms with Crippen molar-refractivity contribution in [1.29, 1.82) is 0 Å². The van der Waals surface area contributed by atoms with Gasteiger partial charge >= 0.3 is 0 Å². The Hall–Kier alpha value is -0.980. The number of benzene rings is 1. The van der Waals surface area contributed by atoms with Crippen molar-refractivity contribution in [1.82, 2.24) is 0 Å². The summed E-state index contributed by atoms with van der Waals surface area (Å²) < 4.78 is 0. The van der Waals surface area contributed by atoms with Gasteiger partial charge < -0.3 is 4.90 Å². The maximum Gasteiger partial charge on any atom is 0.0368 e. The minimum atomic E-state index is 0.850. The van der Waals surface area contributed by atoms with Crippen LogP contribution in [0.25, 0.3) is 0 Å². The summed E-state index contributed by atoms with van der Waals surface area (Å²) in [4.78, 5) is 2.60. The number of nitrogens with zero attached hydrogens (tertiary/aromatic N) is 1. The molecule has 14 heavy (non-hydrogen) atoms. The third-order valence-electron chi connectivity index (χ3n) is 3.77. The van der Waals surface area contributed by atoms with Crippen LogP contribution in [0.4, 0.5) is 5.69 Å². The molecule has 0 N–H and O–H groups in total. The summed E-state index contributed by atoms with van der Waals surface area (Å²) in [6, 6.07) is 9.84. The Balaban J connectivity index is 1.86. The first-order valence-electron chi connectivity index (χ1n) is 5.66. The lowest BCUT2D eigenvalue weighted by atomic mass is 10.1. The lowest BCUT2D eigenvalue weighted by Gasteiger charge is -2.29. The molecule has 0 unspecified atom stereocenters. The van der Waals surface area contributed by atoms with Crippen LogP contribution in [0.1, 0.15) is 24.8 Å². The molecule has 1 aliphatic carbocycles. The molecule has 2 fully saturated rings. The quantitative estimate of drug-likeness (QED) is 0.653. The first-order chi connectivity index (χ1) is 6.83. The zero-order valence-electron chi connectivity index (χ0n) is 8.74. The van der Waals surface area contributed by atoms with E-state index in [1.807, 2.05) is 0 Å². The minimum absolute atomic E-state index is 0.850. The third-order valence-corrected chi connectivity index (χ3v) is 3.77. The van der Waals surface area contributed by atoms with Gasteiger partial charge in [-0.05, 0) is 44.2 Å². The third kappa shape index (κ3) is 1.23. The number of rotatable bonds is 1. The highest BCUT2D eigenvalue weighted by atomic mass is 15.2. The fourth-order valence-corrected chi connectivity index (χ4v) is 2.98. The van der Waals surface area contributed by atoms with Crippen molar-refractivity contribution in [2.45, 2.75) is 32.2 Å². The van der Waals surface area contributed by atoms with Crippen molar-refractivity contribution < 1.29 is 0 Å². The molecule has 1 saturated heterocycles. The zero-order valence-corrected chi connectivity index (χ0v) is 8.74. The summed E-state index contributed by atoms with van der Waals surface area (Å²) in [6.07, 6.45) is 4.32. The summed E-state index contributed by atoms with van der Waals surface area (Å²) in [7, 11) is 0. The van der Waals surface area contributed by atoms with Gasteiger partial charge in [0.05, 0.1) is 0 Å². The summed E-state index contributed by atoms with van der Waals surface area (Å²) in [6.45, 7) is 3.45. The van der Waals surface area contributed by atoms with Gasteiger partial charge in [-0.3, -0.25) is 0 Å². The Kier molecular flexibility index (Phi) is 1.79. The molecule has 1 nitrogen and oxygen atoms in total. The van der Waals surface area contributed by atoms with Crippen molar-refractivity contribution in [2.24, 2.45) is 5.92 Å². The van der Waals surface area contributed by atoms with E-state index in [9.17, 15) is 0 Å². The molecule has 1 heterocycles. The van der Waals surface area contributed by atoms with Crippen LogP contribution in [0.2, 0.25) is 0 Å². The molecule has 1 saturated carbocycles. The molecule has 2 aliphatic rings. The van der Waals surface area contributed by atoms with Gasteiger partial charge in [0.25, 0.3) is 0 Å². The molecule has 1 heteroatoms. The molecule has 2 bridgehead atoms. The SMILES string of the molecule is Cc1ccc(N2C[C@H]3CC[C@@H]2C3)cc1. The first-order valence-corrected chi connectivity index (χ1v) is 5.66. The van der Waals surface area contributed by atoms with Crippen molar-refractivity contribution in [2.75, 3.05) is 11.4 Å². The highest BCUT2D eigenvalue weighted by Crippen LogP contribution is 2.39. The largest absolute Gasteiger partial charge is 0.368 e.